The van der Waals surface area contributed by atoms with Crippen LogP contribution in [-0.4, -0.2) is 11.2 Å². The summed E-state index contributed by atoms with van der Waals surface area (Å²) in [5.74, 6) is 5.27. The van der Waals surface area contributed by atoms with E-state index in [1.165, 1.54) is 32.1 Å². The van der Waals surface area contributed by atoms with Gasteiger partial charge in [0.15, 0.2) is 0 Å². The van der Waals surface area contributed by atoms with Gasteiger partial charge in [-0.1, -0.05) is 32.4 Å². The highest BCUT2D eigenvalue weighted by molar-refractivity contribution is 5.21. The highest BCUT2D eigenvalue weighted by Crippen LogP contribution is 2.63. The Kier molecular flexibility index (Phi) is 3.30. The van der Waals surface area contributed by atoms with Crippen molar-refractivity contribution in [1.82, 2.24) is 0 Å². The van der Waals surface area contributed by atoms with Crippen LogP contribution in [0.4, 0.5) is 0 Å². The van der Waals surface area contributed by atoms with Crippen LogP contribution in [0.15, 0.2) is 11.6 Å². The fourth-order valence-electron chi connectivity index (χ4n) is 7.00. The molecule has 1 nitrogen and oxygen atoms in total. The van der Waals surface area contributed by atoms with Crippen molar-refractivity contribution in [1.29, 1.82) is 0 Å². The van der Waals surface area contributed by atoms with E-state index in [9.17, 15) is 5.11 Å². The molecule has 4 aliphatic carbocycles. The summed E-state index contributed by atoms with van der Waals surface area (Å²) in [6, 6.07) is 0. The molecule has 0 heterocycles. The molecule has 1 heteroatoms. The lowest BCUT2D eigenvalue weighted by molar-refractivity contribution is -0.0282. The molecule has 0 aromatic carbocycles. The van der Waals surface area contributed by atoms with Crippen LogP contribution in [0.3, 0.4) is 0 Å². The fourth-order valence-corrected chi connectivity index (χ4v) is 7.00. The largest absolute Gasteiger partial charge is 0.393 e. The molecule has 21 heavy (non-hydrogen) atoms. The molecule has 3 fully saturated rings. The predicted octanol–water partition coefficient (Wildman–Crippen LogP) is 4.80. The van der Waals surface area contributed by atoms with E-state index in [1.54, 1.807) is 5.57 Å². The number of aliphatic hydroxyl groups is 1. The third-order valence-corrected chi connectivity index (χ3v) is 8.24. The van der Waals surface area contributed by atoms with Crippen molar-refractivity contribution in [2.24, 2.45) is 40.9 Å². The zero-order chi connectivity index (χ0) is 14.8. The van der Waals surface area contributed by atoms with Crippen molar-refractivity contribution in [3.8, 4) is 0 Å². The first-order chi connectivity index (χ1) is 10.0. The molecule has 4 aliphatic rings. The van der Waals surface area contributed by atoms with Gasteiger partial charge in [0.1, 0.15) is 0 Å². The maximum absolute atomic E-state index is 10.1. The molecule has 8 atom stereocenters. The molecule has 118 valence electrons. The number of hydrogen-bond acceptors (Lipinski definition) is 1. The third-order valence-electron chi connectivity index (χ3n) is 8.24. The summed E-state index contributed by atoms with van der Waals surface area (Å²) in [6.07, 6.45) is 11.6. The van der Waals surface area contributed by atoms with Crippen LogP contribution < -0.4 is 0 Å². The molecule has 0 radical (unpaired) electrons. The van der Waals surface area contributed by atoms with E-state index in [1.807, 2.05) is 0 Å². The summed E-state index contributed by atoms with van der Waals surface area (Å²) in [5, 5.41) is 10.1. The molecule has 0 aromatic heterocycles. The van der Waals surface area contributed by atoms with Crippen molar-refractivity contribution in [2.75, 3.05) is 0 Å². The van der Waals surface area contributed by atoms with Gasteiger partial charge in [-0.25, -0.2) is 0 Å². The highest BCUT2D eigenvalue weighted by Gasteiger charge is 2.55. The summed E-state index contributed by atoms with van der Waals surface area (Å²) < 4.78 is 0. The van der Waals surface area contributed by atoms with E-state index in [0.717, 1.165) is 42.4 Å². The lowest BCUT2D eigenvalue weighted by Crippen LogP contribution is -2.47. The molecule has 0 aromatic rings. The lowest BCUT2D eigenvalue weighted by atomic mass is 9.50. The SMILES string of the molecule is C[C@@H]1CC(O)CC2=CC[C@@H]3[C@H](CC[C@]4(C)[C@@H](C)CC[C@@H]34)C21. The zero-order valence-electron chi connectivity index (χ0n) is 14.0. The van der Waals surface area contributed by atoms with Crippen molar-refractivity contribution < 1.29 is 5.11 Å². The van der Waals surface area contributed by atoms with Crippen LogP contribution in [0.1, 0.15) is 65.7 Å². The van der Waals surface area contributed by atoms with Crippen LogP contribution in [-0.2, 0) is 0 Å². The summed E-state index contributed by atoms with van der Waals surface area (Å²) in [4.78, 5) is 0. The van der Waals surface area contributed by atoms with Crippen LogP contribution >= 0.6 is 0 Å². The molecule has 0 saturated heterocycles. The van der Waals surface area contributed by atoms with Crippen molar-refractivity contribution in [3.05, 3.63) is 11.6 Å². The molecule has 0 aliphatic heterocycles. The Labute approximate surface area is 130 Å². The second kappa shape index (κ2) is 4.85. The van der Waals surface area contributed by atoms with Crippen molar-refractivity contribution in [3.63, 3.8) is 0 Å². The van der Waals surface area contributed by atoms with E-state index in [4.69, 9.17) is 0 Å². The Morgan fingerprint density at radius 1 is 1.14 bits per heavy atom. The maximum atomic E-state index is 10.1. The Morgan fingerprint density at radius 2 is 1.95 bits per heavy atom. The van der Waals surface area contributed by atoms with Gasteiger partial charge in [0, 0.05) is 0 Å². The number of allylic oxidation sites excluding steroid dienone is 1. The van der Waals surface area contributed by atoms with Crippen molar-refractivity contribution in [2.45, 2.75) is 71.8 Å². The number of rotatable bonds is 0. The highest BCUT2D eigenvalue weighted by atomic mass is 16.3. The van der Waals surface area contributed by atoms with Crippen molar-refractivity contribution >= 4 is 0 Å². The van der Waals surface area contributed by atoms with E-state index in [-0.39, 0.29) is 6.10 Å². The Morgan fingerprint density at radius 3 is 2.76 bits per heavy atom. The summed E-state index contributed by atoms with van der Waals surface area (Å²) in [6.45, 7) is 7.50. The first kappa shape index (κ1) is 14.3. The second-order valence-electron chi connectivity index (χ2n) is 9.07. The first-order valence-electron chi connectivity index (χ1n) is 9.37. The van der Waals surface area contributed by atoms with E-state index >= 15 is 0 Å². The maximum Gasteiger partial charge on any atom is 0.0580 e. The van der Waals surface area contributed by atoms with Crippen LogP contribution in [0.5, 0.6) is 0 Å². The number of aliphatic hydroxyl groups excluding tert-OH is 1. The number of fused-ring (bicyclic) bond motifs is 5. The average Bonchev–Trinajstić information content (AvgIpc) is 2.74. The molecular weight excluding hydrogens is 256 g/mol. The van der Waals surface area contributed by atoms with Crippen LogP contribution in [0.2, 0.25) is 0 Å². The standard InChI is InChI=1S/C20H32O/c1-12-10-15(21)11-14-5-6-16-17(19(12)14)8-9-20(3)13(2)4-7-18(16)20/h5,12-13,15-19,21H,4,6-11H2,1-3H3/t12-,13+,15?,16-,17+,18+,19?,20-/m1/s1. The summed E-state index contributed by atoms with van der Waals surface area (Å²) in [5.41, 5.74) is 2.25. The topological polar surface area (TPSA) is 20.2 Å². The minimum atomic E-state index is -0.0700. The second-order valence-corrected chi connectivity index (χ2v) is 9.07. The average molecular weight is 288 g/mol. The van der Waals surface area contributed by atoms with Gasteiger partial charge in [-0.3, -0.25) is 0 Å². The van der Waals surface area contributed by atoms with Gasteiger partial charge in [0.2, 0.25) is 0 Å². The van der Waals surface area contributed by atoms with Gasteiger partial charge in [-0.2, -0.15) is 0 Å². The van der Waals surface area contributed by atoms with Gasteiger partial charge in [-0.15, -0.1) is 0 Å². The molecule has 0 spiro atoms. The van der Waals surface area contributed by atoms with Gasteiger partial charge in [0.25, 0.3) is 0 Å². The zero-order valence-corrected chi connectivity index (χ0v) is 14.0. The van der Waals surface area contributed by atoms with E-state index in [0.29, 0.717) is 11.3 Å². The van der Waals surface area contributed by atoms with E-state index in [2.05, 4.69) is 26.8 Å². The Hall–Kier alpha value is -0.300. The normalized spacial score (nSPS) is 56.2. The van der Waals surface area contributed by atoms with Crippen LogP contribution in [0, 0.1) is 40.9 Å². The fraction of sp³-hybridized carbons (Fsp3) is 0.900. The first-order valence-corrected chi connectivity index (χ1v) is 9.37. The Balaban J connectivity index is 1.65. The van der Waals surface area contributed by atoms with Gasteiger partial charge < -0.3 is 5.11 Å². The number of hydrogen-bond donors (Lipinski definition) is 1. The Bertz CT molecular complexity index is 453. The lowest BCUT2D eigenvalue weighted by Gasteiger charge is -2.54. The van der Waals surface area contributed by atoms with Gasteiger partial charge in [0.05, 0.1) is 6.10 Å². The summed E-state index contributed by atoms with van der Waals surface area (Å²) in [7, 11) is 0. The summed E-state index contributed by atoms with van der Waals surface area (Å²) >= 11 is 0. The molecule has 0 amide bonds. The van der Waals surface area contributed by atoms with Gasteiger partial charge in [-0.05, 0) is 85.9 Å². The minimum absolute atomic E-state index is 0.0700. The monoisotopic (exact) mass is 288 g/mol. The minimum Gasteiger partial charge on any atom is -0.393 e. The molecule has 3 saturated carbocycles. The molecular formula is C20H32O. The molecule has 4 rings (SSSR count). The van der Waals surface area contributed by atoms with Crippen LogP contribution in [0.25, 0.3) is 0 Å². The van der Waals surface area contributed by atoms with E-state index < -0.39 is 0 Å². The predicted molar refractivity (Wildman–Crippen MR) is 86.8 cm³/mol. The smallest absolute Gasteiger partial charge is 0.0580 e. The molecule has 1 N–H and O–H groups in total. The molecule has 0 bridgehead atoms. The third kappa shape index (κ3) is 1.99. The van der Waals surface area contributed by atoms with Gasteiger partial charge >= 0.3 is 0 Å². The molecule has 2 unspecified atom stereocenters. The quantitative estimate of drug-likeness (QED) is 0.635.